The lowest BCUT2D eigenvalue weighted by Crippen LogP contribution is -2.46. The normalized spacial score (nSPS) is 12.1. The van der Waals surface area contributed by atoms with E-state index in [1.807, 2.05) is 37.3 Å². The van der Waals surface area contributed by atoms with E-state index in [1.165, 1.54) is 0 Å². The molecule has 0 bridgehead atoms. The van der Waals surface area contributed by atoms with Crippen LogP contribution >= 0.6 is 0 Å². The molecule has 0 spiro atoms. The third-order valence-corrected chi connectivity index (χ3v) is 4.15. The summed E-state index contributed by atoms with van der Waals surface area (Å²) in [6.07, 6.45) is 0.223. The zero-order valence-corrected chi connectivity index (χ0v) is 16.9. The van der Waals surface area contributed by atoms with Crippen LogP contribution in [-0.2, 0) is 30.5 Å². The number of amides is 1. The molecule has 1 aromatic rings. The lowest BCUT2D eigenvalue weighted by atomic mass is 9.87. The van der Waals surface area contributed by atoms with Crippen molar-refractivity contribution in [3.8, 4) is 0 Å². The summed E-state index contributed by atoms with van der Waals surface area (Å²) in [5.74, 6) is -1.26. The number of hydrogen-bond donors (Lipinski definition) is 2. The average molecular weight is 393 g/mol. The minimum atomic E-state index is -1.33. The van der Waals surface area contributed by atoms with Crippen molar-refractivity contribution < 1.29 is 29.0 Å². The zero-order valence-electron chi connectivity index (χ0n) is 16.9. The fraction of sp³-hybridized carbons (Fsp3) is 0.571. The van der Waals surface area contributed by atoms with Gasteiger partial charge in [-0.2, -0.15) is 0 Å². The van der Waals surface area contributed by atoms with Crippen LogP contribution in [-0.4, -0.2) is 42.2 Å². The Morgan fingerprint density at radius 3 is 2.36 bits per heavy atom. The number of ether oxygens (including phenoxy) is 2. The third kappa shape index (κ3) is 8.99. The van der Waals surface area contributed by atoms with Gasteiger partial charge in [0.05, 0.1) is 6.61 Å². The second-order valence-electron chi connectivity index (χ2n) is 7.34. The highest BCUT2D eigenvalue weighted by Crippen LogP contribution is 2.21. The van der Waals surface area contributed by atoms with Crippen LogP contribution < -0.4 is 5.32 Å². The van der Waals surface area contributed by atoms with E-state index in [0.717, 1.165) is 5.56 Å². The van der Waals surface area contributed by atoms with Crippen molar-refractivity contribution in [3.63, 3.8) is 0 Å². The highest BCUT2D eigenvalue weighted by atomic mass is 16.5. The van der Waals surface area contributed by atoms with Gasteiger partial charge in [0.2, 0.25) is 5.91 Å². The first-order valence-electron chi connectivity index (χ1n) is 9.57. The highest BCUT2D eigenvalue weighted by molar-refractivity contribution is 5.81. The standard InChI is InChI=1S/C21H31NO6/c1-4-9-17(23)28-15-21(2,3)19(25)20(26)22-13-8-12-18(24)27-14-16-10-6-5-7-11-16/h5-7,10-11,19,25H,4,8-9,12-15H2,1-3H3,(H,22,26). The summed E-state index contributed by atoms with van der Waals surface area (Å²) in [4.78, 5) is 35.3. The lowest BCUT2D eigenvalue weighted by Gasteiger charge is -2.29. The zero-order chi connectivity index (χ0) is 21.0. The number of carbonyl (C=O) groups excluding carboxylic acids is 3. The molecule has 0 aromatic heterocycles. The Hall–Kier alpha value is -2.41. The van der Waals surface area contributed by atoms with Gasteiger partial charge in [-0.15, -0.1) is 0 Å². The minimum absolute atomic E-state index is 0.0494. The van der Waals surface area contributed by atoms with Crippen LogP contribution in [0.3, 0.4) is 0 Å². The number of esters is 2. The predicted molar refractivity (Wildman–Crippen MR) is 104 cm³/mol. The first-order valence-corrected chi connectivity index (χ1v) is 9.57. The fourth-order valence-corrected chi connectivity index (χ4v) is 2.33. The number of carbonyl (C=O) groups is 3. The molecule has 1 unspecified atom stereocenters. The molecule has 1 amide bonds. The predicted octanol–water partition coefficient (Wildman–Crippen LogP) is 2.36. The molecule has 0 radical (unpaired) electrons. The molecule has 0 aliphatic heterocycles. The molecule has 1 rings (SSSR count). The van der Waals surface area contributed by atoms with E-state index >= 15 is 0 Å². The van der Waals surface area contributed by atoms with E-state index in [9.17, 15) is 19.5 Å². The molecule has 0 saturated carbocycles. The minimum Gasteiger partial charge on any atom is -0.465 e. The van der Waals surface area contributed by atoms with Crippen molar-refractivity contribution in [2.75, 3.05) is 13.2 Å². The van der Waals surface area contributed by atoms with E-state index in [4.69, 9.17) is 9.47 Å². The molecule has 0 saturated heterocycles. The largest absolute Gasteiger partial charge is 0.465 e. The van der Waals surface area contributed by atoms with Crippen molar-refractivity contribution >= 4 is 17.8 Å². The summed E-state index contributed by atoms with van der Waals surface area (Å²) in [5.41, 5.74) is -0.00334. The number of benzene rings is 1. The van der Waals surface area contributed by atoms with Crippen molar-refractivity contribution in [2.45, 2.75) is 59.2 Å². The smallest absolute Gasteiger partial charge is 0.306 e. The number of hydrogen-bond acceptors (Lipinski definition) is 6. The second kappa shape index (κ2) is 12.1. The van der Waals surface area contributed by atoms with Crippen LogP contribution in [0.5, 0.6) is 0 Å². The van der Waals surface area contributed by atoms with E-state index in [1.54, 1.807) is 13.8 Å². The average Bonchev–Trinajstić information content (AvgIpc) is 2.68. The Labute approximate surface area is 166 Å². The van der Waals surface area contributed by atoms with E-state index in [-0.39, 0.29) is 38.1 Å². The molecule has 156 valence electrons. The Balaban J connectivity index is 2.25. The molecule has 2 N–H and O–H groups in total. The van der Waals surface area contributed by atoms with Gasteiger partial charge in [0.15, 0.2) is 0 Å². The molecule has 1 aromatic carbocycles. The Bertz CT molecular complexity index is 629. The topological polar surface area (TPSA) is 102 Å². The van der Waals surface area contributed by atoms with E-state index in [2.05, 4.69) is 5.32 Å². The first kappa shape index (κ1) is 23.6. The molecule has 7 nitrogen and oxygen atoms in total. The summed E-state index contributed by atoms with van der Waals surface area (Å²) >= 11 is 0. The van der Waals surface area contributed by atoms with Gasteiger partial charge in [0.25, 0.3) is 0 Å². The van der Waals surface area contributed by atoms with E-state index in [0.29, 0.717) is 19.3 Å². The van der Waals surface area contributed by atoms with Gasteiger partial charge >= 0.3 is 11.9 Å². The maximum Gasteiger partial charge on any atom is 0.306 e. The summed E-state index contributed by atoms with van der Waals surface area (Å²) in [6.45, 7) is 5.57. The first-order chi connectivity index (χ1) is 13.3. The molecule has 7 heteroatoms. The summed E-state index contributed by atoms with van der Waals surface area (Å²) in [5, 5.41) is 12.8. The second-order valence-corrected chi connectivity index (χ2v) is 7.34. The molecule has 1 atom stereocenters. The molecule has 28 heavy (non-hydrogen) atoms. The lowest BCUT2D eigenvalue weighted by molar-refractivity contribution is -0.153. The van der Waals surface area contributed by atoms with Crippen LogP contribution in [0.1, 0.15) is 52.0 Å². The maximum atomic E-state index is 12.1. The molecule has 0 aliphatic rings. The van der Waals surface area contributed by atoms with E-state index < -0.39 is 17.4 Å². The summed E-state index contributed by atoms with van der Waals surface area (Å²) in [7, 11) is 0. The number of aliphatic hydroxyl groups is 1. The van der Waals surface area contributed by atoms with Crippen LogP contribution in [0.25, 0.3) is 0 Å². The number of rotatable bonds is 12. The Kier molecular flexibility index (Phi) is 10.2. The number of aliphatic hydroxyl groups excluding tert-OH is 1. The molecule has 0 fully saturated rings. The monoisotopic (exact) mass is 393 g/mol. The quantitative estimate of drug-likeness (QED) is 0.417. The van der Waals surface area contributed by atoms with Gasteiger partial charge in [0.1, 0.15) is 12.7 Å². The Morgan fingerprint density at radius 1 is 1.07 bits per heavy atom. The molecule has 0 heterocycles. The molecular weight excluding hydrogens is 362 g/mol. The van der Waals surface area contributed by atoms with Crippen molar-refractivity contribution in [1.29, 1.82) is 0 Å². The Morgan fingerprint density at radius 2 is 1.71 bits per heavy atom. The van der Waals surface area contributed by atoms with Crippen LogP contribution in [0.15, 0.2) is 30.3 Å². The van der Waals surface area contributed by atoms with Crippen molar-refractivity contribution in [1.82, 2.24) is 5.32 Å². The summed E-state index contributed by atoms with van der Waals surface area (Å²) in [6, 6.07) is 9.37. The van der Waals surface area contributed by atoms with Gasteiger partial charge in [-0.3, -0.25) is 14.4 Å². The van der Waals surface area contributed by atoms with Gasteiger partial charge in [-0.1, -0.05) is 51.1 Å². The van der Waals surface area contributed by atoms with Crippen LogP contribution in [0, 0.1) is 5.41 Å². The van der Waals surface area contributed by atoms with Crippen LogP contribution in [0.2, 0.25) is 0 Å². The van der Waals surface area contributed by atoms with Gasteiger partial charge in [0, 0.05) is 24.8 Å². The summed E-state index contributed by atoms with van der Waals surface area (Å²) < 4.78 is 10.3. The van der Waals surface area contributed by atoms with Gasteiger partial charge in [-0.25, -0.2) is 0 Å². The third-order valence-electron chi connectivity index (χ3n) is 4.15. The fourth-order valence-electron chi connectivity index (χ4n) is 2.33. The van der Waals surface area contributed by atoms with Gasteiger partial charge in [-0.05, 0) is 18.4 Å². The molecule has 0 aliphatic carbocycles. The number of nitrogens with one attached hydrogen (secondary N) is 1. The highest BCUT2D eigenvalue weighted by Gasteiger charge is 2.34. The van der Waals surface area contributed by atoms with Gasteiger partial charge < -0.3 is 19.9 Å². The maximum absolute atomic E-state index is 12.1. The molecular formula is C21H31NO6. The SMILES string of the molecule is CCCC(=O)OCC(C)(C)C(O)C(=O)NCCCC(=O)OCc1ccccc1. The van der Waals surface area contributed by atoms with Crippen molar-refractivity contribution in [3.05, 3.63) is 35.9 Å². The van der Waals surface area contributed by atoms with Crippen molar-refractivity contribution in [2.24, 2.45) is 5.41 Å². The van der Waals surface area contributed by atoms with Crippen LogP contribution in [0.4, 0.5) is 0 Å².